The lowest BCUT2D eigenvalue weighted by Gasteiger charge is -1.99. The van der Waals surface area contributed by atoms with Crippen molar-refractivity contribution in [1.29, 1.82) is 0 Å². The summed E-state index contributed by atoms with van der Waals surface area (Å²) < 4.78 is 0.824. The highest BCUT2D eigenvalue weighted by Crippen LogP contribution is 2.21. The van der Waals surface area contributed by atoms with Crippen molar-refractivity contribution in [3.63, 3.8) is 0 Å². The van der Waals surface area contributed by atoms with Crippen molar-refractivity contribution in [2.45, 2.75) is 0 Å². The monoisotopic (exact) mass is 234 g/mol. The van der Waals surface area contributed by atoms with Gasteiger partial charge in [0.1, 0.15) is 5.69 Å². The van der Waals surface area contributed by atoms with Crippen molar-refractivity contribution < 1.29 is 0 Å². The van der Waals surface area contributed by atoms with E-state index in [2.05, 4.69) is 37.2 Å². The van der Waals surface area contributed by atoms with Gasteiger partial charge in [0.15, 0.2) is 6.33 Å². The fourth-order valence-electron chi connectivity index (χ4n) is 0.961. The fourth-order valence-corrected chi connectivity index (χ4v) is 1.36. The van der Waals surface area contributed by atoms with E-state index in [-0.39, 0.29) is 0 Å². The second-order valence-electron chi connectivity index (χ2n) is 2.38. The molecule has 0 aliphatic carbocycles. The van der Waals surface area contributed by atoms with Gasteiger partial charge in [0.25, 0.3) is 0 Å². The van der Waals surface area contributed by atoms with E-state index in [4.69, 9.17) is 0 Å². The van der Waals surface area contributed by atoms with Gasteiger partial charge in [0.2, 0.25) is 0 Å². The molecule has 0 bridgehead atoms. The minimum atomic E-state index is 0.760. The minimum Gasteiger partial charge on any atom is -0.255 e. The van der Waals surface area contributed by atoms with Crippen LogP contribution in [0.5, 0.6) is 0 Å². The minimum absolute atomic E-state index is 0.760. The standard InChI is InChI=1S/C9H5BrN3/c10-7-5-11-6-13-9(7)8-3-1-2-4-12-8/h1-5H. The molecule has 2 heterocycles. The molecule has 2 aromatic rings. The largest absolute Gasteiger partial charge is 0.255 e. The van der Waals surface area contributed by atoms with Gasteiger partial charge in [0, 0.05) is 12.4 Å². The van der Waals surface area contributed by atoms with Crippen molar-refractivity contribution in [2.24, 2.45) is 0 Å². The van der Waals surface area contributed by atoms with Crippen molar-refractivity contribution in [3.8, 4) is 11.4 Å². The third kappa shape index (κ3) is 1.72. The Balaban J connectivity index is 2.54. The zero-order valence-electron chi connectivity index (χ0n) is 6.61. The lowest BCUT2D eigenvalue weighted by molar-refractivity contribution is 1.12. The number of pyridine rings is 1. The first kappa shape index (κ1) is 8.31. The number of halogens is 1. The van der Waals surface area contributed by atoms with E-state index in [1.165, 1.54) is 0 Å². The zero-order chi connectivity index (χ0) is 9.10. The second-order valence-corrected chi connectivity index (χ2v) is 3.24. The predicted octanol–water partition coefficient (Wildman–Crippen LogP) is 2.10. The van der Waals surface area contributed by atoms with Crippen LogP contribution in [0.3, 0.4) is 0 Å². The molecule has 0 saturated carbocycles. The summed E-state index contributed by atoms with van der Waals surface area (Å²) in [4.78, 5) is 11.9. The zero-order valence-corrected chi connectivity index (χ0v) is 8.19. The summed E-state index contributed by atoms with van der Waals surface area (Å²) in [6.07, 6.45) is 5.91. The summed E-state index contributed by atoms with van der Waals surface area (Å²) in [6.45, 7) is 0. The Kier molecular flexibility index (Phi) is 2.31. The van der Waals surface area contributed by atoms with Gasteiger partial charge in [-0.15, -0.1) is 0 Å². The third-order valence-corrected chi connectivity index (χ3v) is 2.11. The number of nitrogens with zero attached hydrogens (tertiary/aromatic N) is 3. The Morgan fingerprint density at radius 1 is 1.31 bits per heavy atom. The molecule has 0 aromatic carbocycles. The van der Waals surface area contributed by atoms with Gasteiger partial charge in [-0.05, 0) is 28.1 Å². The van der Waals surface area contributed by atoms with Crippen LogP contribution in [-0.4, -0.2) is 15.0 Å². The second kappa shape index (κ2) is 3.62. The highest BCUT2D eigenvalue weighted by molar-refractivity contribution is 9.10. The third-order valence-electron chi connectivity index (χ3n) is 1.53. The summed E-state index contributed by atoms with van der Waals surface area (Å²) in [5, 5.41) is 0. The molecule has 2 rings (SSSR count). The maximum Gasteiger partial charge on any atom is 0.198 e. The van der Waals surface area contributed by atoms with Gasteiger partial charge < -0.3 is 0 Å². The SMILES string of the molecule is Brc1cn[c]nc1-c1ccccn1. The molecule has 13 heavy (non-hydrogen) atoms. The Bertz CT molecular complexity index is 403. The molecule has 0 aliphatic rings. The van der Waals surface area contributed by atoms with E-state index in [0.717, 1.165) is 15.9 Å². The molecule has 63 valence electrons. The van der Waals surface area contributed by atoms with Crippen LogP contribution < -0.4 is 0 Å². The number of hydrogen-bond donors (Lipinski definition) is 0. The van der Waals surface area contributed by atoms with Gasteiger partial charge in [0.05, 0.1) is 10.2 Å². The van der Waals surface area contributed by atoms with E-state index in [9.17, 15) is 0 Å². The van der Waals surface area contributed by atoms with Crippen LogP contribution in [0.2, 0.25) is 0 Å². The molecule has 4 heteroatoms. The first-order valence-corrected chi connectivity index (χ1v) is 4.47. The fraction of sp³-hybridized carbons (Fsp3) is 0. The molecule has 1 radical (unpaired) electrons. The van der Waals surface area contributed by atoms with Crippen LogP contribution in [0.15, 0.2) is 35.1 Å². The average Bonchev–Trinajstić information content (AvgIpc) is 2.20. The van der Waals surface area contributed by atoms with Crippen LogP contribution in [-0.2, 0) is 0 Å². The molecule has 0 saturated heterocycles. The smallest absolute Gasteiger partial charge is 0.198 e. The summed E-state index contributed by atoms with van der Waals surface area (Å²) in [7, 11) is 0. The Morgan fingerprint density at radius 2 is 2.23 bits per heavy atom. The molecule has 3 nitrogen and oxygen atoms in total. The molecule has 0 amide bonds. The van der Waals surface area contributed by atoms with Crippen LogP contribution in [0.1, 0.15) is 0 Å². The predicted molar refractivity (Wildman–Crippen MR) is 51.8 cm³/mol. The van der Waals surface area contributed by atoms with E-state index < -0.39 is 0 Å². The van der Waals surface area contributed by atoms with Gasteiger partial charge >= 0.3 is 0 Å². The van der Waals surface area contributed by atoms with E-state index in [1.807, 2.05) is 18.2 Å². The molecule has 0 aliphatic heterocycles. The molecule has 0 atom stereocenters. The Hall–Kier alpha value is -1.29. The maximum absolute atomic E-state index is 4.17. The summed E-state index contributed by atoms with van der Waals surface area (Å²) in [5.74, 6) is 0. The van der Waals surface area contributed by atoms with Gasteiger partial charge in [-0.25, -0.2) is 9.97 Å². The molecule has 0 spiro atoms. The number of aromatic nitrogens is 3. The summed E-state index contributed by atoms with van der Waals surface area (Å²) in [5.41, 5.74) is 1.57. The quantitative estimate of drug-likeness (QED) is 0.759. The number of hydrogen-bond acceptors (Lipinski definition) is 3. The van der Waals surface area contributed by atoms with Gasteiger partial charge in [-0.1, -0.05) is 6.07 Å². The molecular formula is C9H5BrN3. The average molecular weight is 235 g/mol. The van der Waals surface area contributed by atoms with Crippen molar-refractivity contribution in [3.05, 3.63) is 41.4 Å². The Labute approximate surface area is 84.0 Å². The van der Waals surface area contributed by atoms with E-state index in [0.29, 0.717) is 0 Å². The van der Waals surface area contributed by atoms with Crippen LogP contribution >= 0.6 is 15.9 Å². The maximum atomic E-state index is 4.17. The normalized spacial score (nSPS) is 9.92. The van der Waals surface area contributed by atoms with Crippen molar-refractivity contribution >= 4 is 15.9 Å². The molecular weight excluding hydrogens is 230 g/mol. The molecule has 0 N–H and O–H groups in total. The summed E-state index contributed by atoms with van der Waals surface area (Å²) in [6, 6.07) is 5.67. The molecule has 2 aromatic heterocycles. The summed E-state index contributed by atoms with van der Waals surface area (Å²) >= 11 is 3.35. The van der Waals surface area contributed by atoms with Crippen LogP contribution in [0, 0.1) is 6.33 Å². The van der Waals surface area contributed by atoms with E-state index in [1.54, 1.807) is 12.4 Å². The first-order valence-electron chi connectivity index (χ1n) is 3.68. The van der Waals surface area contributed by atoms with Crippen molar-refractivity contribution in [1.82, 2.24) is 15.0 Å². The highest BCUT2D eigenvalue weighted by atomic mass is 79.9. The highest BCUT2D eigenvalue weighted by Gasteiger charge is 2.03. The lowest BCUT2D eigenvalue weighted by Crippen LogP contribution is -1.88. The van der Waals surface area contributed by atoms with Gasteiger partial charge in [-0.2, -0.15) is 0 Å². The van der Waals surface area contributed by atoms with E-state index >= 15 is 0 Å². The lowest BCUT2D eigenvalue weighted by atomic mass is 10.3. The topological polar surface area (TPSA) is 38.7 Å². The number of rotatable bonds is 1. The van der Waals surface area contributed by atoms with Crippen LogP contribution in [0.4, 0.5) is 0 Å². The van der Waals surface area contributed by atoms with Crippen molar-refractivity contribution in [2.75, 3.05) is 0 Å². The first-order chi connectivity index (χ1) is 6.38. The Morgan fingerprint density at radius 3 is 2.92 bits per heavy atom. The van der Waals surface area contributed by atoms with Gasteiger partial charge in [-0.3, -0.25) is 4.98 Å². The molecule has 0 unspecified atom stereocenters. The van der Waals surface area contributed by atoms with Crippen LogP contribution in [0.25, 0.3) is 11.4 Å². The molecule has 0 fully saturated rings.